The Morgan fingerprint density at radius 1 is 1.19 bits per heavy atom. The van der Waals surface area contributed by atoms with Crippen LogP contribution in [0.1, 0.15) is 65.4 Å². The molecule has 0 aliphatic carbocycles. The number of likely N-dealkylation sites (tertiary alicyclic amines) is 1. The number of hydrogen-bond acceptors (Lipinski definition) is 5. The first kappa shape index (κ1) is 26.6. The molecule has 3 saturated heterocycles. The van der Waals surface area contributed by atoms with Crippen molar-refractivity contribution in [3.63, 3.8) is 0 Å². The van der Waals surface area contributed by atoms with Crippen LogP contribution in [0.5, 0.6) is 0 Å². The van der Waals surface area contributed by atoms with Gasteiger partial charge in [0.15, 0.2) is 0 Å². The molecule has 198 valence electrons. The summed E-state index contributed by atoms with van der Waals surface area (Å²) in [5.41, 5.74) is -0.0693. The van der Waals surface area contributed by atoms with Crippen LogP contribution in [0.3, 0.4) is 0 Å². The number of aliphatic hydroxyl groups is 1. The molecule has 3 N–H and O–H groups in total. The fraction of sp³-hybridized carbons (Fsp3) is 0.679. The summed E-state index contributed by atoms with van der Waals surface area (Å²) < 4.78 is 6.48. The summed E-state index contributed by atoms with van der Waals surface area (Å²) in [6.07, 6.45) is 3.10. The highest BCUT2D eigenvalue weighted by molar-refractivity contribution is 5.99. The van der Waals surface area contributed by atoms with Crippen LogP contribution in [0.2, 0.25) is 0 Å². The lowest BCUT2D eigenvalue weighted by atomic mass is 9.70. The van der Waals surface area contributed by atoms with Gasteiger partial charge in [-0.2, -0.15) is 0 Å². The molecule has 4 rings (SSSR count). The van der Waals surface area contributed by atoms with Gasteiger partial charge in [-0.3, -0.25) is 14.4 Å². The van der Waals surface area contributed by atoms with Gasteiger partial charge < -0.3 is 25.4 Å². The molecule has 3 fully saturated rings. The summed E-state index contributed by atoms with van der Waals surface area (Å²) in [6, 6.07) is 8.23. The number of benzene rings is 1. The normalized spacial score (nSPS) is 30.4. The Bertz CT molecular complexity index is 954. The molecule has 1 spiro atoms. The van der Waals surface area contributed by atoms with E-state index in [0.717, 1.165) is 18.4 Å². The molecule has 3 heterocycles. The minimum atomic E-state index is -1.04. The van der Waals surface area contributed by atoms with Crippen molar-refractivity contribution < 1.29 is 24.2 Å². The Labute approximate surface area is 214 Å². The van der Waals surface area contributed by atoms with Gasteiger partial charge in [-0.05, 0) is 44.1 Å². The molecule has 8 nitrogen and oxygen atoms in total. The number of ether oxygens (including phenoxy) is 1. The molecule has 36 heavy (non-hydrogen) atoms. The summed E-state index contributed by atoms with van der Waals surface area (Å²) >= 11 is 0. The summed E-state index contributed by atoms with van der Waals surface area (Å²) in [5.74, 6) is -1.88. The Hall–Kier alpha value is -2.45. The third kappa shape index (κ3) is 4.77. The number of amides is 3. The number of carbonyl (C=O) groups is 3. The van der Waals surface area contributed by atoms with Crippen molar-refractivity contribution in [2.24, 2.45) is 17.8 Å². The topological polar surface area (TPSA) is 108 Å². The quantitative estimate of drug-likeness (QED) is 0.433. The number of aliphatic hydroxyl groups excluding tert-OH is 1. The van der Waals surface area contributed by atoms with Crippen LogP contribution in [0.4, 0.5) is 0 Å². The molecule has 7 atom stereocenters. The molecule has 1 aromatic carbocycles. The van der Waals surface area contributed by atoms with E-state index in [4.69, 9.17) is 4.74 Å². The molecule has 3 aliphatic rings. The van der Waals surface area contributed by atoms with E-state index in [1.165, 1.54) is 0 Å². The van der Waals surface area contributed by atoms with E-state index in [9.17, 15) is 19.5 Å². The van der Waals surface area contributed by atoms with Crippen molar-refractivity contribution in [3.05, 3.63) is 35.9 Å². The van der Waals surface area contributed by atoms with Crippen molar-refractivity contribution in [1.82, 2.24) is 15.5 Å². The van der Waals surface area contributed by atoms with E-state index < -0.39 is 35.6 Å². The van der Waals surface area contributed by atoms with Crippen molar-refractivity contribution in [2.75, 3.05) is 6.61 Å². The Balaban J connectivity index is 1.64. The van der Waals surface area contributed by atoms with E-state index in [-0.39, 0.29) is 36.3 Å². The molecule has 0 radical (unpaired) electrons. The molecular formula is C28H41N3O5. The third-order valence-electron chi connectivity index (χ3n) is 8.06. The number of nitrogens with one attached hydrogen (secondary N) is 2. The fourth-order valence-corrected chi connectivity index (χ4v) is 6.63. The molecular weight excluding hydrogens is 458 g/mol. The monoisotopic (exact) mass is 499 g/mol. The second kappa shape index (κ2) is 10.9. The van der Waals surface area contributed by atoms with Crippen LogP contribution in [0.25, 0.3) is 0 Å². The fourth-order valence-electron chi connectivity index (χ4n) is 6.63. The lowest BCUT2D eigenvalue weighted by molar-refractivity contribution is -0.146. The van der Waals surface area contributed by atoms with Crippen LogP contribution in [-0.2, 0) is 25.7 Å². The summed E-state index contributed by atoms with van der Waals surface area (Å²) in [6.45, 7) is 8.21. The van der Waals surface area contributed by atoms with Gasteiger partial charge >= 0.3 is 0 Å². The standard InChI is InChI=1S/C28H41N3O5/c1-5-9-18(4)30-26(34)24-28-13-12-21(36-28)22(25(33)29-15-19-10-7-6-8-11-19)23(28)27(35)31(24)20(16-32)14-17(2)3/h6-8,10-11,17-18,20-24,32H,5,9,12-16H2,1-4H3,(H,29,33)(H,30,34)/t18?,20-,21-,22+,23+,24?,28?/m1/s1. The van der Waals surface area contributed by atoms with Crippen LogP contribution in [0.15, 0.2) is 30.3 Å². The molecule has 2 bridgehead atoms. The molecule has 0 saturated carbocycles. The van der Waals surface area contributed by atoms with E-state index in [1.54, 1.807) is 4.90 Å². The van der Waals surface area contributed by atoms with Crippen molar-refractivity contribution in [2.45, 2.75) is 96.2 Å². The number of fused-ring (bicyclic) bond motifs is 1. The lowest BCUT2D eigenvalue weighted by Gasteiger charge is -2.37. The maximum Gasteiger partial charge on any atom is 0.246 e. The average Bonchev–Trinajstić information content (AvgIpc) is 3.49. The first-order valence-electron chi connectivity index (χ1n) is 13.5. The summed E-state index contributed by atoms with van der Waals surface area (Å²) in [7, 11) is 0. The Morgan fingerprint density at radius 3 is 2.56 bits per heavy atom. The SMILES string of the molecule is CCCC(C)NC(=O)C1N([C@@H](CO)CC(C)C)C(=O)[C@@H]2[C@@H](C(=O)NCc3ccccc3)[C@H]3CCC12O3. The van der Waals surface area contributed by atoms with Gasteiger partial charge in [0.2, 0.25) is 17.7 Å². The first-order chi connectivity index (χ1) is 17.2. The largest absolute Gasteiger partial charge is 0.394 e. The Morgan fingerprint density at radius 2 is 1.92 bits per heavy atom. The van der Waals surface area contributed by atoms with Gasteiger partial charge in [-0.1, -0.05) is 57.5 Å². The highest BCUT2D eigenvalue weighted by Gasteiger charge is 2.75. The van der Waals surface area contributed by atoms with E-state index in [2.05, 4.69) is 17.6 Å². The zero-order chi connectivity index (χ0) is 26.0. The van der Waals surface area contributed by atoms with E-state index in [1.807, 2.05) is 51.1 Å². The molecule has 3 aliphatic heterocycles. The van der Waals surface area contributed by atoms with Crippen LogP contribution in [0, 0.1) is 17.8 Å². The molecule has 0 aromatic heterocycles. The van der Waals surface area contributed by atoms with Gasteiger partial charge in [0.05, 0.1) is 30.6 Å². The zero-order valence-corrected chi connectivity index (χ0v) is 21.9. The van der Waals surface area contributed by atoms with Crippen molar-refractivity contribution in [1.29, 1.82) is 0 Å². The number of nitrogens with zero attached hydrogens (tertiary/aromatic N) is 1. The molecule has 8 heteroatoms. The van der Waals surface area contributed by atoms with Crippen molar-refractivity contribution in [3.8, 4) is 0 Å². The van der Waals surface area contributed by atoms with Crippen LogP contribution >= 0.6 is 0 Å². The number of rotatable bonds is 11. The molecule has 1 aromatic rings. The van der Waals surface area contributed by atoms with Gasteiger partial charge in [0.1, 0.15) is 11.6 Å². The minimum absolute atomic E-state index is 0.0452. The average molecular weight is 500 g/mol. The predicted molar refractivity (Wildman–Crippen MR) is 136 cm³/mol. The van der Waals surface area contributed by atoms with E-state index in [0.29, 0.717) is 25.8 Å². The maximum atomic E-state index is 14.0. The van der Waals surface area contributed by atoms with Gasteiger partial charge in [0, 0.05) is 12.6 Å². The molecule has 3 unspecified atom stereocenters. The number of hydrogen-bond donors (Lipinski definition) is 3. The highest BCUT2D eigenvalue weighted by Crippen LogP contribution is 2.59. The smallest absolute Gasteiger partial charge is 0.246 e. The second-order valence-corrected chi connectivity index (χ2v) is 11.2. The van der Waals surface area contributed by atoms with Gasteiger partial charge in [-0.25, -0.2) is 0 Å². The van der Waals surface area contributed by atoms with Crippen LogP contribution in [-0.4, -0.2) is 64.2 Å². The summed E-state index contributed by atoms with van der Waals surface area (Å²) in [5, 5.41) is 16.4. The maximum absolute atomic E-state index is 14.0. The van der Waals surface area contributed by atoms with Gasteiger partial charge in [0.25, 0.3) is 0 Å². The van der Waals surface area contributed by atoms with Crippen molar-refractivity contribution >= 4 is 17.7 Å². The lowest BCUT2D eigenvalue weighted by Crippen LogP contribution is -2.59. The zero-order valence-electron chi connectivity index (χ0n) is 21.9. The van der Waals surface area contributed by atoms with Gasteiger partial charge in [-0.15, -0.1) is 0 Å². The van der Waals surface area contributed by atoms with Crippen LogP contribution < -0.4 is 10.6 Å². The summed E-state index contributed by atoms with van der Waals surface area (Å²) in [4.78, 5) is 42.8. The predicted octanol–water partition coefficient (Wildman–Crippen LogP) is 2.39. The highest BCUT2D eigenvalue weighted by atomic mass is 16.5. The molecule has 3 amide bonds. The second-order valence-electron chi connectivity index (χ2n) is 11.2. The first-order valence-corrected chi connectivity index (χ1v) is 13.5. The minimum Gasteiger partial charge on any atom is -0.394 e. The van der Waals surface area contributed by atoms with E-state index >= 15 is 0 Å². The third-order valence-corrected chi connectivity index (χ3v) is 8.06. The Kier molecular flexibility index (Phi) is 8.05. The number of carbonyl (C=O) groups excluding carboxylic acids is 3.